The molecule has 2 atom stereocenters. The summed E-state index contributed by atoms with van der Waals surface area (Å²) in [4.78, 5) is 1.48. The normalized spacial score (nSPS) is 25.0. The molecule has 0 aliphatic carbocycles. The molecule has 2 unspecified atom stereocenters. The minimum Gasteiger partial charge on any atom is -0.378 e. The number of hydrogen-bond acceptors (Lipinski definition) is 3. The van der Waals surface area contributed by atoms with E-state index in [4.69, 9.17) is 4.74 Å². The average molecular weight is 253 g/mol. The van der Waals surface area contributed by atoms with Crippen molar-refractivity contribution in [1.82, 2.24) is 5.32 Å². The molecule has 0 aromatic carbocycles. The lowest BCUT2D eigenvalue weighted by Gasteiger charge is -2.30. The minimum atomic E-state index is 0.494. The van der Waals surface area contributed by atoms with Gasteiger partial charge in [-0.3, -0.25) is 0 Å². The SMILES string of the molecule is CCCC1CC(NCCc2cccs2)CCO1. The highest BCUT2D eigenvalue weighted by atomic mass is 32.1. The maximum atomic E-state index is 5.76. The van der Waals surface area contributed by atoms with Gasteiger partial charge in [0.05, 0.1) is 6.10 Å². The third-order valence-electron chi connectivity index (χ3n) is 3.36. The van der Waals surface area contributed by atoms with Crippen LogP contribution in [-0.2, 0) is 11.2 Å². The summed E-state index contributed by atoms with van der Waals surface area (Å²) in [5.41, 5.74) is 0. The predicted molar refractivity (Wildman–Crippen MR) is 73.7 cm³/mol. The van der Waals surface area contributed by atoms with Crippen LogP contribution < -0.4 is 5.32 Å². The first-order valence-corrected chi connectivity index (χ1v) is 7.64. The number of rotatable bonds is 6. The van der Waals surface area contributed by atoms with E-state index in [0.717, 1.165) is 19.6 Å². The van der Waals surface area contributed by atoms with Gasteiger partial charge in [-0.25, -0.2) is 0 Å². The first-order valence-electron chi connectivity index (χ1n) is 6.76. The van der Waals surface area contributed by atoms with Gasteiger partial charge < -0.3 is 10.1 Å². The van der Waals surface area contributed by atoms with E-state index in [9.17, 15) is 0 Å². The summed E-state index contributed by atoms with van der Waals surface area (Å²) in [6.07, 6.45) is 6.46. The highest BCUT2D eigenvalue weighted by Crippen LogP contribution is 2.18. The topological polar surface area (TPSA) is 21.3 Å². The van der Waals surface area contributed by atoms with E-state index in [1.54, 1.807) is 0 Å². The molecule has 96 valence electrons. The molecule has 2 heterocycles. The zero-order valence-electron chi connectivity index (χ0n) is 10.7. The molecule has 1 N–H and O–H groups in total. The van der Waals surface area contributed by atoms with E-state index in [0.29, 0.717) is 12.1 Å². The molecule has 0 amide bonds. The number of ether oxygens (including phenoxy) is 1. The van der Waals surface area contributed by atoms with Crippen LogP contribution in [0.5, 0.6) is 0 Å². The number of hydrogen-bond donors (Lipinski definition) is 1. The third-order valence-corrected chi connectivity index (χ3v) is 4.30. The van der Waals surface area contributed by atoms with Crippen LogP contribution in [0.4, 0.5) is 0 Å². The van der Waals surface area contributed by atoms with Crippen LogP contribution in [0.15, 0.2) is 17.5 Å². The zero-order chi connectivity index (χ0) is 11.9. The molecule has 0 spiro atoms. The molecule has 2 rings (SSSR count). The molecule has 0 saturated carbocycles. The van der Waals surface area contributed by atoms with Crippen molar-refractivity contribution in [3.63, 3.8) is 0 Å². The van der Waals surface area contributed by atoms with E-state index < -0.39 is 0 Å². The summed E-state index contributed by atoms with van der Waals surface area (Å²) in [7, 11) is 0. The van der Waals surface area contributed by atoms with E-state index in [-0.39, 0.29) is 0 Å². The van der Waals surface area contributed by atoms with Crippen molar-refractivity contribution in [2.75, 3.05) is 13.2 Å². The molecular formula is C14H23NOS. The monoisotopic (exact) mass is 253 g/mol. The highest BCUT2D eigenvalue weighted by molar-refractivity contribution is 7.09. The Morgan fingerprint density at radius 1 is 1.53 bits per heavy atom. The van der Waals surface area contributed by atoms with Gasteiger partial charge >= 0.3 is 0 Å². The molecule has 1 aromatic rings. The smallest absolute Gasteiger partial charge is 0.0589 e. The fraction of sp³-hybridized carbons (Fsp3) is 0.714. The van der Waals surface area contributed by atoms with Crippen LogP contribution in [0, 0.1) is 0 Å². The van der Waals surface area contributed by atoms with Crippen molar-refractivity contribution in [3.8, 4) is 0 Å². The Morgan fingerprint density at radius 2 is 2.47 bits per heavy atom. The molecule has 0 bridgehead atoms. The number of thiophene rings is 1. The van der Waals surface area contributed by atoms with E-state index >= 15 is 0 Å². The lowest BCUT2D eigenvalue weighted by molar-refractivity contribution is -0.00299. The second-order valence-electron chi connectivity index (χ2n) is 4.79. The maximum absolute atomic E-state index is 5.76. The van der Waals surface area contributed by atoms with Crippen molar-refractivity contribution in [2.24, 2.45) is 0 Å². The Labute approximate surface area is 108 Å². The Balaban J connectivity index is 1.65. The molecular weight excluding hydrogens is 230 g/mol. The van der Waals surface area contributed by atoms with Crippen molar-refractivity contribution in [1.29, 1.82) is 0 Å². The molecule has 2 nitrogen and oxygen atoms in total. The van der Waals surface area contributed by atoms with Gasteiger partial charge in [0.25, 0.3) is 0 Å². The zero-order valence-corrected chi connectivity index (χ0v) is 11.5. The summed E-state index contributed by atoms with van der Waals surface area (Å²) in [5.74, 6) is 0. The van der Waals surface area contributed by atoms with E-state index in [1.807, 2.05) is 11.3 Å². The Hall–Kier alpha value is -0.380. The summed E-state index contributed by atoms with van der Waals surface area (Å²) in [5, 5.41) is 5.83. The van der Waals surface area contributed by atoms with Crippen LogP contribution in [-0.4, -0.2) is 25.3 Å². The van der Waals surface area contributed by atoms with Crippen LogP contribution in [0.2, 0.25) is 0 Å². The van der Waals surface area contributed by atoms with E-state index in [2.05, 4.69) is 29.8 Å². The Morgan fingerprint density at radius 3 is 3.24 bits per heavy atom. The summed E-state index contributed by atoms with van der Waals surface area (Å²) in [6.45, 7) is 4.27. The minimum absolute atomic E-state index is 0.494. The fourth-order valence-corrected chi connectivity index (χ4v) is 3.15. The lowest BCUT2D eigenvalue weighted by atomic mass is 10.00. The summed E-state index contributed by atoms with van der Waals surface area (Å²) in [6, 6.07) is 5.02. The second-order valence-corrected chi connectivity index (χ2v) is 5.82. The first-order chi connectivity index (χ1) is 8.38. The quantitative estimate of drug-likeness (QED) is 0.840. The van der Waals surface area contributed by atoms with Crippen molar-refractivity contribution < 1.29 is 4.74 Å². The largest absolute Gasteiger partial charge is 0.378 e. The number of nitrogens with one attached hydrogen (secondary N) is 1. The van der Waals surface area contributed by atoms with Gasteiger partial charge in [-0.1, -0.05) is 19.4 Å². The van der Waals surface area contributed by atoms with Gasteiger partial charge in [0.1, 0.15) is 0 Å². The average Bonchev–Trinajstić information content (AvgIpc) is 2.83. The molecule has 1 aromatic heterocycles. The molecule has 3 heteroatoms. The highest BCUT2D eigenvalue weighted by Gasteiger charge is 2.21. The van der Waals surface area contributed by atoms with Gasteiger partial charge in [0.15, 0.2) is 0 Å². The fourth-order valence-electron chi connectivity index (χ4n) is 2.44. The molecule has 0 radical (unpaired) electrons. The Bertz CT molecular complexity index is 297. The molecule has 17 heavy (non-hydrogen) atoms. The van der Waals surface area contributed by atoms with Gasteiger partial charge in [0, 0.05) is 24.1 Å². The molecule has 1 aliphatic rings. The Kier molecular flexibility index (Phi) is 5.49. The van der Waals surface area contributed by atoms with Gasteiger partial charge in [-0.2, -0.15) is 0 Å². The van der Waals surface area contributed by atoms with Gasteiger partial charge in [-0.05, 0) is 37.1 Å². The molecule has 1 saturated heterocycles. The van der Waals surface area contributed by atoms with Gasteiger partial charge in [-0.15, -0.1) is 11.3 Å². The van der Waals surface area contributed by atoms with Crippen LogP contribution >= 0.6 is 11.3 Å². The molecule has 1 fully saturated rings. The van der Waals surface area contributed by atoms with Crippen molar-refractivity contribution in [2.45, 2.75) is 51.2 Å². The van der Waals surface area contributed by atoms with Gasteiger partial charge in [0.2, 0.25) is 0 Å². The standard InChI is InChI=1S/C14H23NOS/c1-2-4-13-11-12(7-9-16-13)15-8-6-14-5-3-10-17-14/h3,5,10,12-13,15H,2,4,6-9,11H2,1H3. The summed E-state index contributed by atoms with van der Waals surface area (Å²) >= 11 is 1.85. The summed E-state index contributed by atoms with van der Waals surface area (Å²) < 4.78 is 5.76. The second kappa shape index (κ2) is 7.14. The van der Waals surface area contributed by atoms with Crippen LogP contribution in [0.25, 0.3) is 0 Å². The lowest BCUT2D eigenvalue weighted by Crippen LogP contribution is -2.39. The molecule has 1 aliphatic heterocycles. The van der Waals surface area contributed by atoms with E-state index in [1.165, 1.54) is 30.6 Å². The van der Waals surface area contributed by atoms with Crippen molar-refractivity contribution in [3.05, 3.63) is 22.4 Å². The maximum Gasteiger partial charge on any atom is 0.0589 e. The van der Waals surface area contributed by atoms with Crippen molar-refractivity contribution >= 4 is 11.3 Å². The first kappa shape index (κ1) is 13.1. The van der Waals surface area contributed by atoms with Crippen LogP contribution in [0.3, 0.4) is 0 Å². The predicted octanol–water partition coefficient (Wildman–Crippen LogP) is 3.23. The van der Waals surface area contributed by atoms with Crippen LogP contribution in [0.1, 0.15) is 37.5 Å². The third kappa shape index (κ3) is 4.41.